The Balaban J connectivity index is 2.17. The van der Waals surface area contributed by atoms with E-state index < -0.39 is 0 Å². The lowest BCUT2D eigenvalue weighted by molar-refractivity contribution is -0.151. The summed E-state index contributed by atoms with van der Waals surface area (Å²) in [6, 6.07) is 0. The summed E-state index contributed by atoms with van der Waals surface area (Å²) in [6.45, 7) is 9.37. The second kappa shape index (κ2) is 9.59. The van der Waals surface area contributed by atoms with E-state index in [0.29, 0.717) is 38.1 Å². The zero-order valence-corrected chi connectivity index (χ0v) is 13.5. The van der Waals surface area contributed by atoms with Crippen LogP contribution in [0.5, 0.6) is 0 Å². The first-order valence-electron chi connectivity index (χ1n) is 8.17. The number of rotatable bonds is 8. The fraction of sp³-hybridized carbons (Fsp3) is 0.765. The first-order chi connectivity index (χ1) is 10.1. The third-order valence-corrected chi connectivity index (χ3v) is 3.97. The quantitative estimate of drug-likeness (QED) is 0.392. The van der Waals surface area contributed by atoms with Crippen LogP contribution < -0.4 is 0 Å². The van der Waals surface area contributed by atoms with Gasteiger partial charge in [0.25, 0.3) is 0 Å². The van der Waals surface area contributed by atoms with Gasteiger partial charge in [-0.3, -0.25) is 9.59 Å². The first kappa shape index (κ1) is 17.7. The van der Waals surface area contributed by atoms with Gasteiger partial charge in [-0.15, -0.1) is 0 Å². The molecular formula is C17H29NO3. The van der Waals surface area contributed by atoms with E-state index in [2.05, 4.69) is 13.5 Å². The van der Waals surface area contributed by atoms with E-state index in [9.17, 15) is 9.59 Å². The van der Waals surface area contributed by atoms with Crippen molar-refractivity contribution in [2.24, 2.45) is 5.92 Å². The van der Waals surface area contributed by atoms with Crippen molar-refractivity contribution in [3.8, 4) is 0 Å². The Bertz CT molecular complexity index is 357. The van der Waals surface area contributed by atoms with Gasteiger partial charge in [-0.05, 0) is 26.2 Å². The molecule has 0 spiro atoms. The van der Waals surface area contributed by atoms with Crippen LogP contribution >= 0.6 is 0 Å². The maximum atomic E-state index is 12.0. The van der Waals surface area contributed by atoms with E-state index in [1.807, 2.05) is 0 Å². The van der Waals surface area contributed by atoms with Gasteiger partial charge in [0, 0.05) is 18.7 Å². The number of likely N-dealkylation sites (tertiary alicyclic amines) is 1. The van der Waals surface area contributed by atoms with Crippen molar-refractivity contribution in [1.29, 1.82) is 0 Å². The summed E-state index contributed by atoms with van der Waals surface area (Å²) in [5.74, 6) is -0.138. The lowest BCUT2D eigenvalue weighted by Crippen LogP contribution is -2.40. The van der Waals surface area contributed by atoms with Crippen molar-refractivity contribution in [3.63, 3.8) is 0 Å². The molecule has 4 nitrogen and oxygen atoms in total. The molecule has 0 aromatic heterocycles. The Morgan fingerprint density at radius 1 is 1.14 bits per heavy atom. The molecule has 1 heterocycles. The summed E-state index contributed by atoms with van der Waals surface area (Å²) >= 11 is 0. The van der Waals surface area contributed by atoms with Gasteiger partial charge in [-0.1, -0.05) is 39.2 Å². The number of carbonyl (C=O) groups is 2. The van der Waals surface area contributed by atoms with Crippen molar-refractivity contribution in [3.05, 3.63) is 12.2 Å². The van der Waals surface area contributed by atoms with Crippen molar-refractivity contribution in [1.82, 2.24) is 4.90 Å². The Kier molecular flexibility index (Phi) is 8.09. The van der Waals surface area contributed by atoms with Crippen molar-refractivity contribution in [2.75, 3.05) is 19.7 Å². The van der Waals surface area contributed by atoms with E-state index in [0.717, 1.165) is 12.8 Å². The van der Waals surface area contributed by atoms with Crippen LogP contribution in [0.3, 0.4) is 0 Å². The van der Waals surface area contributed by atoms with Crippen LogP contribution in [0.15, 0.2) is 12.2 Å². The second-order valence-electron chi connectivity index (χ2n) is 5.93. The van der Waals surface area contributed by atoms with Crippen LogP contribution in [0.4, 0.5) is 0 Å². The molecule has 1 aliphatic heterocycles. The van der Waals surface area contributed by atoms with Crippen molar-refractivity contribution in [2.45, 2.75) is 58.8 Å². The summed E-state index contributed by atoms with van der Waals surface area (Å²) in [7, 11) is 0. The Morgan fingerprint density at radius 2 is 1.76 bits per heavy atom. The van der Waals surface area contributed by atoms with Gasteiger partial charge in [-0.25, -0.2) is 0 Å². The molecule has 0 unspecified atom stereocenters. The van der Waals surface area contributed by atoms with Gasteiger partial charge >= 0.3 is 5.97 Å². The van der Waals surface area contributed by atoms with E-state index in [1.165, 1.54) is 19.3 Å². The van der Waals surface area contributed by atoms with Crippen LogP contribution in [0, 0.1) is 5.92 Å². The van der Waals surface area contributed by atoms with Gasteiger partial charge < -0.3 is 9.64 Å². The molecule has 0 N–H and O–H groups in total. The molecule has 0 radical (unpaired) electrons. The number of amides is 1. The zero-order chi connectivity index (χ0) is 15.7. The molecule has 1 rings (SSSR count). The smallest absolute Gasteiger partial charge is 0.309 e. The molecule has 0 saturated carbocycles. The highest BCUT2D eigenvalue weighted by atomic mass is 16.5. The molecule has 4 heteroatoms. The van der Waals surface area contributed by atoms with E-state index >= 15 is 0 Å². The summed E-state index contributed by atoms with van der Waals surface area (Å²) in [6.07, 6.45) is 7.19. The van der Waals surface area contributed by atoms with Crippen LogP contribution in [-0.2, 0) is 14.3 Å². The van der Waals surface area contributed by atoms with Crippen LogP contribution in [0.2, 0.25) is 0 Å². The zero-order valence-electron chi connectivity index (χ0n) is 13.5. The maximum Gasteiger partial charge on any atom is 0.309 e. The molecule has 0 atom stereocenters. The molecule has 0 aliphatic carbocycles. The van der Waals surface area contributed by atoms with Crippen LogP contribution in [0.1, 0.15) is 58.8 Å². The average molecular weight is 295 g/mol. The number of esters is 1. The Morgan fingerprint density at radius 3 is 2.33 bits per heavy atom. The molecule has 120 valence electrons. The molecule has 0 aromatic carbocycles. The third-order valence-electron chi connectivity index (χ3n) is 3.97. The summed E-state index contributed by atoms with van der Waals surface area (Å²) in [5, 5.41) is 0. The summed E-state index contributed by atoms with van der Waals surface area (Å²) < 4.78 is 5.34. The fourth-order valence-corrected chi connectivity index (χ4v) is 2.58. The number of hydrogen-bond donors (Lipinski definition) is 0. The normalized spacial score (nSPS) is 15.8. The first-order valence-corrected chi connectivity index (χ1v) is 8.17. The predicted octanol–water partition coefficient (Wildman–Crippen LogP) is 3.31. The highest BCUT2D eigenvalue weighted by molar-refractivity contribution is 5.92. The molecule has 1 aliphatic rings. The van der Waals surface area contributed by atoms with E-state index in [4.69, 9.17) is 4.74 Å². The SMILES string of the molecule is C=C(C)C(=O)N1CCC(C(=O)OCCCCCCC)CC1. The molecular weight excluding hydrogens is 266 g/mol. The molecule has 21 heavy (non-hydrogen) atoms. The number of carbonyl (C=O) groups excluding carboxylic acids is 2. The minimum Gasteiger partial charge on any atom is -0.465 e. The topological polar surface area (TPSA) is 46.6 Å². The van der Waals surface area contributed by atoms with Crippen molar-refractivity contribution >= 4 is 11.9 Å². The minimum absolute atomic E-state index is 0.00209. The lowest BCUT2D eigenvalue weighted by atomic mass is 9.96. The lowest BCUT2D eigenvalue weighted by Gasteiger charge is -2.31. The molecule has 1 amide bonds. The number of nitrogens with zero attached hydrogens (tertiary/aromatic N) is 1. The predicted molar refractivity (Wildman–Crippen MR) is 83.8 cm³/mol. The number of unbranched alkanes of at least 4 members (excludes halogenated alkanes) is 4. The van der Waals surface area contributed by atoms with Gasteiger partial charge in [0.05, 0.1) is 12.5 Å². The summed E-state index contributed by atoms with van der Waals surface area (Å²) in [5.41, 5.74) is 0.558. The molecule has 1 fully saturated rings. The van der Waals surface area contributed by atoms with E-state index in [-0.39, 0.29) is 17.8 Å². The summed E-state index contributed by atoms with van der Waals surface area (Å²) in [4.78, 5) is 25.5. The van der Waals surface area contributed by atoms with E-state index in [1.54, 1.807) is 11.8 Å². The monoisotopic (exact) mass is 295 g/mol. The highest BCUT2D eigenvalue weighted by Gasteiger charge is 2.28. The van der Waals surface area contributed by atoms with Gasteiger partial charge in [-0.2, -0.15) is 0 Å². The van der Waals surface area contributed by atoms with Crippen molar-refractivity contribution < 1.29 is 14.3 Å². The number of piperidine rings is 1. The standard InChI is InChI=1S/C17H29NO3/c1-4-5-6-7-8-13-21-17(20)15-9-11-18(12-10-15)16(19)14(2)3/h15H,2,4-13H2,1,3H3. The minimum atomic E-state index is -0.0899. The number of ether oxygens (including phenoxy) is 1. The second-order valence-corrected chi connectivity index (χ2v) is 5.93. The Labute approximate surface area is 128 Å². The van der Waals surface area contributed by atoms with Gasteiger partial charge in [0.1, 0.15) is 0 Å². The molecule has 1 saturated heterocycles. The third kappa shape index (κ3) is 6.32. The Hall–Kier alpha value is -1.32. The van der Waals surface area contributed by atoms with Crippen LogP contribution in [-0.4, -0.2) is 36.5 Å². The highest BCUT2D eigenvalue weighted by Crippen LogP contribution is 2.20. The number of hydrogen-bond acceptors (Lipinski definition) is 3. The van der Waals surface area contributed by atoms with Gasteiger partial charge in [0.15, 0.2) is 0 Å². The average Bonchev–Trinajstić information content (AvgIpc) is 2.49. The largest absolute Gasteiger partial charge is 0.465 e. The molecule has 0 aromatic rings. The van der Waals surface area contributed by atoms with Gasteiger partial charge in [0.2, 0.25) is 5.91 Å². The fourth-order valence-electron chi connectivity index (χ4n) is 2.58. The maximum absolute atomic E-state index is 12.0. The molecule has 0 bridgehead atoms. The van der Waals surface area contributed by atoms with Crippen LogP contribution in [0.25, 0.3) is 0 Å².